The van der Waals surface area contributed by atoms with Crippen molar-refractivity contribution in [2.75, 3.05) is 26.2 Å². The summed E-state index contributed by atoms with van der Waals surface area (Å²) in [4.78, 5) is 43.0. The Labute approximate surface area is 213 Å². The molecule has 0 radical (unpaired) electrons. The van der Waals surface area contributed by atoms with Gasteiger partial charge in [0, 0.05) is 24.4 Å². The Kier molecular flexibility index (Phi) is 9.11. The van der Waals surface area contributed by atoms with Gasteiger partial charge in [0.05, 0.1) is 25.6 Å². The fourth-order valence-electron chi connectivity index (χ4n) is 4.53. The van der Waals surface area contributed by atoms with Crippen molar-refractivity contribution < 1.29 is 19.1 Å². The summed E-state index contributed by atoms with van der Waals surface area (Å²) in [6.45, 7) is 11.7. The van der Waals surface area contributed by atoms with E-state index in [2.05, 4.69) is 56.5 Å². The lowest BCUT2D eigenvalue weighted by Crippen LogP contribution is -2.47. The molecule has 190 valence electrons. The quantitative estimate of drug-likeness (QED) is 0.451. The monoisotopic (exact) mass is 498 g/mol. The highest BCUT2D eigenvalue weighted by atomic mass is 32.1. The van der Waals surface area contributed by atoms with Gasteiger partial charge in [-0.2, -0.15) is 0 Å². The van der Waals surface area contributed by atoms with Gasteiger partial charge in [-0.15, -0.1) is 11.3 Å². The summed E-state index contributed by atoms with van der Waals surface area (Å²) in [7, 11) is 0. The first kappa shape index (κ1) is 26.9. The van der Waals surface area contributed by atoms with Crippen molar-refractivity contribution in [2.24, 2.45) is 0 Å². The second-order valence-electron chi connectivity index (χ2n) is 10.0. The predicted molar refractivity (Wildman–Crippen MR) is 139 cm³/mol. The molecule has 0 saturated carbocycles. The Balaban J connectivity index is 1.80. The molecular weight excluding hydrogens is 460 g/mol. The van der Waals surface area contributed by atoms with E-state index in [0.717, 1.165) is 18.4 Å². The van der Waals surface area contributed by atoms with Crippen molar-refractivity contribution in [1.82, 2.24) is 9.80 Å². The molecule has 0 saturated heterocycles. The molecule has 0 spiro atoms. The van der Waals surface area contributed by atoms with Crippen molar-refractivity contribution >= 4 is 29.1 Å². The number of esters is 1. The molecule has 0 aliphatic carbocycles. The minimum absolute atomic E-state index is 0.0194. The molecule has 1 unspecified atom stereocenters. The highest BCUT2D eigenvalue weighted by Crippen LogP contribution is 2.38. The number of fused-ring (bicyclic) bond motifs is 1. The van der Waals surface area contributed by atoms with Crippen LogP contribution in [0.2, 0.25) is 0 Å². The molecule has 0 fully saturated rings. The summed E-state index contributed by atoms with van der Waals surface area (Å²) < 4.78 is 4.94. The second kappa shape index (κ2) is 11.8. The van der Waals surface area contributed by atoms with Crippen LogP contribution >= 0.6 is 11.3 Å². The van der Waals surface area contributed by atoms with Crippen LogP contribution in [0.25, 0.3) is 0 Å². The molecule has 1 atom stereocenters. The lowest BCUT2D eigenvalue weighted by atomic mass is 9.85. The highest BCUT2D eigenvalue weighted by Gasteiger charge is 2.34. The van der Waals surface area contributed by atoms with Crippen molar-refractivity contribution in [3.63, 3.8) is 0 Å². The van der Waals surface area contributed by atoms with E-state index in [1.165, 1.54) is 16.0 Å². The molecule has 2 amide bonds. The zero-order chi connectivity index (χ0) is 25.6. The normalized spacial score (nSPS) is 15.5. The second-order valence-corrected chi connectivity index (χ2v) is 11.0. The Morgan fingerprint density at radius 2 is 1.80 bits per heavy atom. The van der Waals surface area contributed by atoms with E-state index in [9.17, 15) is 14.4 Å². The van der Waals surface area contributed by atoms with Gasteiger partial charge in [-0.1, -0.05) is 52.0 Å². The summed E-state index contributed by atoms with van der Waals surface area (Å²) in [6, 6.07) is 10.5. The van der Waals surface area contributed by atoms with Crippen molar-refractivity contribution in [1.29, 1.82) is 0 Å². The maximum atomic E-state index is 13.6. The number of thiophene rings is 1. The number of amides is 2. The van der Waals surface area contributed by atoms with Crippen LogP contribution in [0.3, 0.4) is 0 Å². The first-order valence-electron chi connectivity index (χ1n) is 12.5. The third kappa shape index (κ3) is 6.72. The molecule has 7 heteroatoms. The molecule has 1 aliphatic rings. The average Bonchev–Trinajstić information content (AvgIpc) is 3.30. The topological polar surface area (TPSA) is 66.9 Å². The van der Waals surface area contributed by atoms with E-state index in [-0.39, 0.29) is 48.6 Å². The summed E-state index contributed by atoms with van der Waals surface area (Å²) in [5, 5.41) is 2.09. The van der Waals surface area contributed by atoms with Crippen LogP contribution in [-0.4, -0.2) is 53.8 Å². The van der Waals surface area contributed by atoms with Gasteiger partial charge < -0.3 is 14.5 Å². The Hall–Kier alpha value is -2.67. The third-order valence-corrected chi connectivity index (χ3v) is 7.40. The first-order chi connectivity index (χ1) is 16.7. The standard InChI is InChI=1S/C28H38N2O4S/c1-6-16-29(24(31)12-13-26(33)34-7-2)19-25(32)30-17-14-23-22(15-18-35-23)27(30)20-8-10-21(11-9-20)28(3,4)5/h8-11,15,18,27H,6-7,12-14,16-17,19H2,1-5H3. The molecule has 6 nitrogen and oxygen atoms in total. The van der Waals surface area contributed by atoms with Crippen molar-refractivity contribution in [3.8, 4) is 0 Å². The van der Waals surface area contributed by atoms with Gasteiger partial charge in [-0.3, -0.25) is 14.4 Å². The number of nitrogens with zero attached hydrogens (tertiary/aromatic N) is 2. The molecule has 35 heavy (non-hydrogen) atoms. The molecule has 0 bridgehead atoms. The van der Waals surface area contributed by atoms with Crippen LogP contribution in [0.15, 0.2) is 35.7 Å². The minimum atomic E-state index is -0.386. The van der Waals surface area contributed by atoms with Crippen LogP contribution in [0.5, 0.6) is 0 Å². The SMILES string of the molecule is CCCN(CC(=O)N1CCc2sccc2C1c1ccc(C(C)(C)C)cc1)C(=O)CCC(=O)OCC. The number of rotatable bonds is 9. The van der Waals surface area contributed by atoms with E-state index in [0.29, 0.717) is 19.7 Å². The van der Waals surface area contributed by atoms with E-state index in [1.54, 1.807) is 23.2 Å². The number of ether oxygens (including phenoxy) is 1. The van der Waals surface area contributed by atoms with Gasteiger partial charge in [0.15, 0.2) is 0 Å². The highest BCUT2D eigenvalue weighted by molar-refractivity contribution is 7.10. The molecule has 1 aromatic carbocycles. The molecule has 3 rings (SSSR count). The fraction of sp³-hybridized carbons (Fsp3) is 0.536. The van der Waals surface area contributed by atoms with Gasteiger partial charge in [0.2, 0.25) is 11.8 Å². The van der Waals surface area contributed by atoms with Gasteiger partial charge in [0.1, 0.15) is 0 Å². The predicted octanol–water partition coefficient (Wildman–Crippen LogP) is 5.10. The Morgan fingerprint density at radius 3 is 2.43 bits per heavy atom. The zero-order valence-corrected chi connectivity index (χ0v) is 22.5. The maximum Gasteiger partial charge on any atom is 0.306 e. The molecule has 1 aromatic heterocycles. The van der Waals surface area contributed by atoms with Gasteiger partial charge in [-0.05, 0) is 53.3 Å². The van der Waals surface area contributed by atoms with E-state index in [1.807, 2.05) is 11.8 Å². The summed E-state index contributed by atoms with van der Waals surface area (Å²) in [6.07, 6.45) is 1.65. The third-order valence-electron chi connectivity index (χ3n) is 6.40. The number of benzene rings is 1. The van der Waals surface area contributed by atoms with Crippen LogP contribution in [0.1, 0.15) is 81.5 Å². The minimum Gasteiger partial charge on any atom is -0.466 e. The Bertz CT molecular complexity index is 1020. The summed E-state index contributed by atoms with van der Waals surface area (Å²) in [5.74, 6) is -0.638. The smallest absolute Gasteiger partial charge is 0.306 e. The summed E-state index contributed by atoms with van der Waals surface area (Å²) >= 11 is 1.74. The number of carbonyl (C=O) groups is 3. The van der Waals surface area contributed by atoms with Crippen molar-refractivity contribution in [2.45, 2.75) is 71.8 Å². The van der Waals surface area contributed by atoms with Gasteiger partial charge >= 0.3 is 5.97 Å². The fourth-order valence-corrected chi connectivity index (χ4v) is 5.43. The van der Waals surface area contributed by atoms with Crippen LogP contribution in [0, 0.1) is 0 Å². The van der Waals surface area contributed by atoms with Crippen LogP contribution < -0.4 is 0 Å². The zero-order valence-electron chi connectivity index (χ0n) is 21.6. The molecule has 1 aliphatic heterocycles. The maximum absolute atomic E-state index is 13.6. The molecule has 0 N–H and O–H groups in total. The number of carbonyl (C=O) groups excluding carboxylic acids is 3. The van der Waals surface area contributed by atoms with Crippen molar-refractivity contribution in [3.05, 3.63) is 57.3 Å². The van der Waals surface area contributed by atoms with Gasteiger partial charge in [-0.25, -0.2) is 0 Å². The van der Waals surface area contributed by atoms with E-state index >= 15 is 0 Å². The molecule has 2 heterocycles. The summed E-state index contributed by atoms with van der Waals surface area (Å²) in [5.41, 5.74) is 3.57. The van der Waals surface area contributed by atoms with Crippen LogP contribution in [-0.2, 0) is 31.0 Å². The van der Waals surface area contributed by atoms with E-state index in [4.69, 9.17) is 4.74 Å². The lowest BCUT2D eigenvalue weighted by Gasteiger charge is -2.38. The number of hydrogen-bond donors (Lipinski definition) is 0. The van der Waals surface area contributed by atoms with Gasteiger partial charge in [0.25, 0.3) is 0 Å². The number of hydrogen-bond acceptors (Lipinski definition) is 5. The lowest BCUT2D eigenvalue weighted by molar-refractivity contribution is -0.146. The molecular formula is C28H38N2O4S. The van der Waals surface area contributed by atoms with Crippen LogP contribution in [0.4, 0.5) is 0 Å². The molecule has 2 aromatic rings. The Morgan fingerprint density at radius 1 is 1.09 bits per heavy atom. The largest absolute Gasteiger partial charge is 0.466 e. The first-order valence-corrected chi connectivity index (χ1v) is 13.4. The van der Waals surface area contributed by atoms with E-state index < -0.39 is 0 Å². The average molecular weight is 499 g/mol.